The zero-order valence-electron chi connectivity index (χ0n) is 13.1. The number of halogens is 1. The zero-order valence-corrected chi connectivity index (χ0v) is 13.9. The molecule has 6 nitrogen and oxygen atoms in total. The van der Waals surface area contributed by atoms with Crippen LogP contribution < -0.4 is 5.32 Å². The van der Waals surface area contributed by atoms with E-state index in [1.807, 2.05) is 0 Å². The molecule has 3 aliphatic heterocycles. The van der Waals surface area contributed by atoms with Crippen LogP contribution in [0.25, 0.3) is 10.9 Å². The van der Waals surface area contributed by atoms with Crippen LogP contribution >= 0.6 is 12.4 Å². The van der Waals surface area contributed by atoms with Crippen molar-refractivity contribution in [3.8, 4) is 5.75 Å². The molecule has 5 rings (SSSR count). The summed E-state index contributed by atoms with van der Waals surface area (Å²) < 4.78 is 0. The third-order valence-corrected chi connectivity index (χ3v) is 5.09. The van der Waals surface area contributed by atoms with Crippen molar-refractivity contribution in [1.29, 1.82) is 0 Å². The molecular weight excluding hydrogens is 330 g/mol. The smallest absolute Gasteiger partial charge is 0.292 e. The van der Waals surface area contributed by atoms with Crippen LogP contribution in [0.3, 0.4) is 0 Å². The van der Waals surface area contributed by atoms with Crippen molar-refractivity contribution in [2.45, 2.75) is 18.9 Å². The van der Waals surface area contributed by atoms with Crippen LogP contribution in [0, 0.1) is 5.92 Å². The first-order chi connectivity index (χ1) is 11.1. The molecule has 2 bridgehead atoms. The Bertz CT molecular complexity index is 780. The van der Waals surface area contributed by atoms with Crippen LogP contribution in [-0.2, 0) is 4.79 Å². The Labute approximate surface area is 145 Å². The summed E-state index contributed by atoms with van der Waals surface area (Å²) in [5.41, 5.74) is 1.02. The van der Waals surface area contributed by atoms with E-state index >= 15 is 0 Å². The molecule has 0 radical (unpaired) electrons. The molecule has 0 aliphatic carbocycles. The molecule has 3 aliphatic rings. The number of aromatic hydroxyl groups is 1. The van der Waals surface area contributed by atoms with Gasteiger partial charge in [-0.15, -0.1) is 12.4 Å². The molecule has 0 saturated carbocycles. The minimum Gasteiger partial charge on any atom is -0.508 e. The number of aromatic amines is 1. The van der Waals surface area contributed by atoms with Crippen LogP contribution in [0.5, 0.6) is 5.75 Å². The van der Waals surface area contributed by atoms with Gasteiger partial charge in [0.1, 0.15) is 5.75 Å². The lowest BCUT2D eigenvalue weighted by atomic mass is 9.84. The summed E-state index contributed by atoms with van der Waals surface area (Å²) in [5.74, 6) is -0.570. The maximum atomic E-state index is 12.5. The van der Waals surface area contributed by atoms with E-state index in [-0.39, 0.29) is 24.2 Å². The molecule has 3 saturated heterocycles. The zero-order chi connectivity index (χ0) is 16.0. The summed E-state index contributed by atoms with van der Waals surface area (Å²) in [7, 11) is 0. The third kappa shape index (κ3) is 2.87. The van der Waals surface area contributed by atoms with Gasteiger partial charge in [-0.1, -0.05) is 0 Å². The van der Waals surface area contributed by atoms with Crippen molar-refractivity contribution in [3.05, 3.63) is 30.0 Å². The van der Waals surface area contributed by atoms with Crippen LogP contribution in [-0.4, -0.2) is 52.4 Å². The van der Waals surface area contributed by atoms with E-state index in [0.29, 0.717) is 16.9 Å². The first kappa shape index (κ1) is 16.8. The number of amides is 1. The number of rotatable bonds is 3. The van der Waals surface area contributed by atoms with Gasteiger partial charge in [0, 0.05) is 29.7 Å². The van der Waals surface area contributed by atoms with E-state index in [9.17, 15) is 14.7 Å². The van der Waals surface area contributed by atoms with E-state index in [0.717, 1.165) is 38.0 Å². The molecule has 24 heavy (non-hydrogen) atoms. The second kappa shape index (κ2) is 6.45. The van der Waals surface area contributed by atoms with Crippen LogP contribution in [0.15, 0.2) is 24.4 Å². The number of carbonyl (C=O) groups is 2. The average molecular weight is 350 g/mol. The molecule has 7 heteroatoms. The van der Waals surface area contributed by atoms with E-state index < -0.39 is 11.7 Å². The number of Topliss-reactive ketones (excluding diaryl/α,β-unsaturated/α-hetero) is 1. The number of benzene rings is 1. The van der Waals surface area contributed by atoms with Crippen molar-refractivity contribution in [2.75, 3.05) is 19.6 Å². The largest absolute Gasteiger partial charge is 0.508 e. The Hall–Kier alpha value is -2.05. The number of hydrogen-bond donors (Lipinski definition) is 3. The molecular formula is C17H20ClN3O3. The maximum absolute atomic E-state index is 12.5. The lowest BCUT2D eigenvalue weighted by molar-refractivity contribution is -0.119. The van der Waals surface area contributed by atoms with Gasteiger partial charge in [0.15, 0.2) is 0 Å². The van der Waals surface area contributed by atoms with Crippen LogP contribution in [0.4, 0.5) is 0 Å². The highest BCUT2D eigenvalue weighted by Crippen LogP contribution is 2.28. The number of phenolic OH excluding ortho intramolecular Hbond substituents is 1. The topological polar surface area (TPSA) is 85.4 Å². The lowest BCUT2D eigenvalue weighted by Crippen LogP contribution is -2.58. The molecule has 3 N–H and O–H groups in total. The van der Waals surface area contributed by atoms with E-state index in [1.54, 1.807) is 12.1 Å². The van der Waals surface area contributed by atoms with Gasteiger partial charge in [-0.25, -0.2) is 0 Å². The maximum Gasteiger partial charge on any atom is 0.292 e. The van der Waals surface area contributed by atoms with Gasteiger partial charge >= 0.3 is 0 Å². The number of piperidine rings is 3. The quantitative estimate of drug-likeness (QED) is 0.581. The standard InChI is InChI=1S/C17H19N3O3.ClH/c21-11-1-2-14-12(7-11)13(8-18-14)16(22)17(23)19-15-9-20-5-3-10(15)4-6-20;/h1-2,7-8,10,15,18,21H,3-6,9H2,(H,19,23);1H. The van der Waals surface area contributed by atoms with Gasteiger partial charge in [0.25, 0.3) is 11.7 Å². The number of fused-ring (bicyclic) bond motifs is 4. The molecule has 4 heterocycles. The minimum atomic E-state index is -0.562. The second-order valence-corrected chi connectivity index (χ2v) is 6.48. The summed E-state index contributed by atoms with van der Waals surface area (Å²) in [6.07, 6.45) is 3.70. The summed E-state index contributed by atoms with van der Waals surface area (Å²) in [6, 6.07) is 4.79. The number of nitrogens with zero attached hydrogens (tertiary/aromatic N) is 1. The molecule has 1 aromatic carbocycles. The third-order valence-electron chi connectivity index (χ3n) is 5.09. The van der Waals surface area contributed by atoms with Gasteiger partial charge in [0.2, 0.25) is 0 Å². The lowest BCUT2D eigenvalue weighted by Gasteiger charge is -2.44. The number of ketones is 1. The van der Waals surface area contributed by atoms with Gasteiger partial charge in [-0.3, -0.25) is 9.59 Å². The van der Waals surface area contributed by atoms with E-state index in [2.05, 4.69) is 15.2 Å². The number of aromatic nitrogens is 1. The van der Waals surface area contributed by atoms with Crippen molar-refractivity contribution in [3.63, 3.8) is 0 Å². The first-order valence-corrected chi connectivity index (χ1v) is 7.99. The molecule has 128 valence electrons. The number of phenols is 1. The van der Waals surface area contributed by atoms with Crippen molar-refractivity contribution < 1.29 is 14.7 Å². The SMILES string of the molecule is Cl.O=C(NC1CN2CCC1CC2)C(=O)c1c[nH]c2ccc(O)cc12. The van der Waals surface area contributed by atoms with Gasteiger partial charge < -0.3 is 20.3 Å². The van der Waals surface area contributed by atoms with Crippen LogP contribution in [0.1, 0.15) is 23.2 Å². The first-order valence-electron chi connectivity index (χ1n) is 7.99. The predicted octanol–water partition coefficient (Wildman–Crippen LogP) is 1.69. The summed E-state index contributed by atoms with van der Waals surface area (Å²) >= 11 is 0. The predicted molar refractivity (Wildman–Crippen MR) is 92.6 cm³/mol. The Morgan fingerprint density at radius 1 is 1.25 bits per heavy atom. The highest BCUT2D eigenvalue weighted by atomic mass is 35.5. The fourth-order valence-corrected chi connectivity index (χ4v) is 3.78. The summed E-state index contributed by atoms with van der Waals surface area (Å²) in [6.45, 7) is 3.01. The molecule has 1 atom stereocenters. The van der Waals surface area contributed by atoms with Gasteiger partial charge in [-0.2, -0.15) is 0 Å². The Kier molecular flexibility index (Phi) is 4.51. The van der Waals surface area contributed by atoms with Gasteiger partial charge in [0.05, 0.1) is 5.56 Å². The Balaban J connectivity index is 0.00000169. The summed E-state index contributed by atoms with van der Waals surface area (Å²) in [5, 5.41) is 13.1. The number of carbonyl (C=O) groups excluding carboxylic acids is 2. The van der Waals surface area contributed by atoms with Crippen LogP contribution in [0.2, 0.25) is 0 Å². The van der Waals surface area contributed by atoms with E-state index in [4.69, 9.17) is 0 Å². The van der Waals surface area contributed by atoms with Crippen molar-refractivity contribution in [1.82, 2.24) is 15.2 Å². The Morgan fingerprint density at radius 2 is 2.00 bits per heavy atom. The Morgan fingerprint density at radius 3 is 2.67 bits per heavy atom. The number of hydrogen-bond acceptors (Lipinski definition) is 4. The molecule has 1 unspecified atom stereocenters. The second-order valence-electron chi connectivity index (χ2n) is 6.48. The van der Waals surface area contributed by atoms with E-state index in [1.165, 1.54) is 12.3 Å². The van der Waals surface area contributed by atoms with Crippen molar-refractivity contribution in [2.24, 2.45) is 5.92 Å². The molecule has 0 spiro atoms. The van der Waals surface area contributed by atoms with Crippen molar-refractivity contribution >= 4 is 35.0 Å². The normalized spacial score (nSPS) is 25.2. The summed E-state index contributed by atoms with van der Waals surface area (Å²) in [4.78, 5) is 30.1. The fraction of sp³-hybridized carbons (Fsp3) is 0.412. The highest BCUT2D eigenvalue weighted by Gasteiger charge is 2.36. The minimum absolute atomic E-state index is 0. The molecule has 1 aromatic heterocycles. The average Bonchev–Trinajstić information content (AvgIpc) is 2.98. The fourth-order valence-electron chi connectivity index (χ4n) is 3.78. The molecule has 3 fully saturated rings. The number of nitrogens with one attached hydrogen (secondary N) is 2. The molecule has 1 amide bonds. The highest BCUT2D eigenvalue weighted by molar-refractivity contribution is 6.45. The van der Waals surface area contributed by atoms with Gasteiger partial charge in [-0.05, 0) is 50.0 Å². The monoisotopic (exact) mass is 349 g/mol. The molecule has 2 aromatic rings. The number of H-pyrrole nitrogens is 1.